The molecular weight excluding hydrogens is 264 g/mol. The van der Waals surface area contributed by atoms with Crippen LogP contribution in [0, 0.1) is 22.7 Å². The van der Waals surface area contributed by atoms with E-state index < -0.39 is 0 Å². The molecule has 0 spiro atoms. The van der Waals surface area contributed by atoms with Gasteiger partial charge < -0.3 is 0 Å². The maximum absolute atomic E-state index is 9.98. The molecule has 0 unspecified atom stereocenters. The van der Waals surface area contributed by atoms with E-state index >= 15 is 0 Å². The smallest absolute Gasteiger partial charge is 0.142 e. The SMILES string of the molecule is N#CC1=C(C#N)SC(=C/C=C/C=C/C=C/C=O)S1. The highest BCUT2D eigenvalue weighted by atomic mass is 32.2. The number of aldehydes is 1. The van der Waals surface area contributed by atoms with Crippen LogP contribution in [0.5, 0.6) is 0 Å². The molecule has 18 heavy (non-hydrogen) atoms. The summed E-state index contributed by atoms with van der Waals surface area (Å²) in [7, 11) is 0. The molecular formula is C13H8N2OS2. The molecule has 1 heterocycles. The van der Waals surface area contributed by atoms with Gasteiger partial charge in [0.1, 0.15) is 28.2 Å². The maximum Gasteiger partial charge on any atom is 0.142 e. The Hall–Kier alpha value is -1.95. The molecule has 1 rings (SSSR count). The lowest BCUT2D eigenvalue weighted by molar-refractivity contribution is -0.104. The summed E-state index contributed by atoms with van der Waals surface area (Å²) in [4.78, 5) is 10.9. The van der Waals surface area contributed by atoms with E-state index in [1.165, 1.54) is 29.6 Å². The molecule has 5 heteroatoms. The second-order valence-electron chi connectivity index (χ2n) is 2.86. The van der Waals surface area contributed by atoms with Gasteiger partial charge in [0.2, 0.25) is 0 Å². The highest BCUT2D eigenvalue weighted by Crippen LogP contribution is 2.48. The van der Waals surface area contributed by atoms with Crippen LogP contribution < -0.4 is 0 Å². The molecule has 0 saturated heterocycles. The summed E-state index contributed by atoms with van der Waals surface area (Å²) >= 11 is 2.60. The van der Waals surface area contributed by atoms with E-state index in [0.29, 0.717) is 16.1 Å². The molecule has 0 atom stereocenters. The summed E-state index contributed by atoms with van der Waals surface area (Å²) in [6.45, 7) is 0. The van der Waals surface area contributed by atoms with Crippen molar-refractivity contribution in [3.8, 4) is 12.1 Å². The largest absolute Gasteiger partial charge is 0.299 e. The van der Waals surface area contributed by atoms with Crippen molar-refractivity contribution >= 4 is 29.8 Å². The molecule has 3 nitrogen and oxygen atoms in total. The van der Waals surface area contributed by atoms with Crippen LogP contribution >= 0.6 is 23.5 Å². The van der Waals surface area contributed by atoms with Gasteiger partial charge in [-0.3, -0.25) is 4.79 Å². The fourth-order valence-electron chi connectivity index (χ4n) is 0.966. The number of carbonyl (C=O) groups is 1. The lowest BCUT2D eigenvalue weighted by atomic mass is 10.4. The van der Waals surface area contributed by atoms with Crippen LogP contribution in [-0.4, -0.2) is 6.29 Å². The molecule has 0 saturated carbocycles. The predicted molar refractivity (Wildman–Crippen MR) is 75.0 cm³/mol. The summed E-state index contributed by atoms with van der Waals surface area (Å²) in [6.07, 6.45) is 12.7. The van der Waals surface area contributed by atoms with E-state index in [4.69, 9.17) is 10.5 Å². The minimum absolute atomic E-state index is 0.451. The second kappa shape index (κ2) is 8.19. The zero-order valence-corrected chi connectivity index (χ0v) is 10.9. The average Bonchev–Trinajstić information content (AvgIpc) is 2.80. The first-order chi connectivity index (χ1) is 8.81. The van der Waals surface area contributed by atoms with Gasteiger partial charge in [0.15, 0.2) is 0 Å². The molecule has 0 aromatic rings. The molecule has 1 aliphatic heterocycles. The van der Waals surface area contributed by atoms with Crippen molar-refractivity contribution in [3.05, 3.63) is 56.6 Å². The molecule has 0 aromatic carbocycles. The van der Waals surface area contributed by atoms with Crippen LogP contribution in [0.25, 0.3) is 0 Å². The van der Waals surface area contributed by atoms with E-state index in [1.807, 2.05) is 24.3 Å². The van der Waals surface area contributed by atoms with Crippen LogP contribution in [0.4, 0.5) is 0 Å². The van der Waals surface area contributed by atoms with E-state index in [0.717, 1.165) is 4.24 Å². The van der Waals surface area contributed by atoms with Crippen molar-refractivity contribution < 1.29 is 4.79 Å². The summed E-state index contributed by atoms with van der Waals surface area (Å²) in [5.41, 5.74) is 0. The number of hydrogen-bond acceptors (Lipinski definition) is 5. The van der Waals surface area contributed by atoms with E-state index in [-0.39, 0.29) is 0 Å². The minimum atomic E-state index is 0.451. The van der Waals surface area contributed by atoms with E-state index in [9.17, 15) is 4.79 Å². The Balaban J connectivity index is 2.53. The van der Waals surface area contributed by atoms with Gasteiger partial charge in [-0.25, -0.2) is 0 Å². The van der Waals surface area contributed by atoms with Gasteiger partial charge in [-0.15, -0.1) is 0 Å². The van der Waals surface area contributed by atoms with Crippen molar-refractivity contribution in [2.24, 2.45) is 0 Å². The lowest BCUT2D eigenvalue weighted by Crippen LogP contribution is -1.66. The topological polar surface area (TPSA) is 64.7 Å². The molecule has 0 aliphatic carbocycles. The molecule has 1 aliphatic rings. The second-order valence-corrected chi connectivity index (χ2v) is 5.23. The molecule has 0 amide bonds. The van der Waals surface area contributed by atoms with Crippen molar-refractivity contribution in [1.82, 2.24) is 0 Å². The highest BCUT2D eigenvalue weighted by molar-refractivity contribution is 8.28. The van der Waals surface area contributed by atoms with E-state index in [2.05, 4.69) is 0 Å². The maximum atomic E-state index is 9.98. The Morgan fingerprint density at radius 2 is 1.33 bits per heavy atom. The Bertz CT molecular complexity index is 527. The number of hydrogen-bond donors (Lipinski definition) is 0. The molecule has 88 valence electrons. The van der Waals surface area contributed by atoms with Crippen LogP contribution in [-0.2, 0) is 4.79 Å². The standard InChI is InChI=1S/C13H8N2OS2/c14-9-11-12(10-15)18-13(17-11)7-5-3-1-2-4-6-8-16/h1-8H/b2-1+,5-3+,6-4+. The Morgan fingerprint density at radius 1 is 0.833 bits per heavy atom. The third kappa shape index (κ3) is 4.50. The quantitative estimate of drug-likeness (QED) is 0.445. The van der Waals surface area contributed by atoms with Crippen molar-refractivity contribution in [3.63, 3.8) is 0 Å². The first-order valence-electron chi connectivity index (χ1n) is 4.87. The molecule has 0 N–H and O–H groups in total. The van der Waals surface area contributed by atoms with Crippen LogP contribution in [0.15, 0.2) is 56.6 Å². The first kappa shape index (κ1) is 14.1. The Morgan fingerprint density at radius 3 is 1.83 bits per heavy atom. The van der Waals surface area contributed by atoms with Gasteiger partial charge in [0.05, 0.1) is 4.24 Å². The van der Waals surface area contributed by atoms with Crippen molar-refractivity contribution in [2.75, 3.05) is 0 Å². The third-order valence-electron chi connectivity index (χ3n) is 1.68. The first-order valence-corrected chi connectivity index (χ1v) is 6.50. The molecule has 0 aromatic heterocycles. The number of thioether (sulfide) groups is 2. The van der Waals surface area contributed by atoms with Gasteiger partial charge >= 0.3 is 0 Å². The third-order valence-corrected chi connectivity index (χ3v) is 3.98. The molecule has 0 fully saturated rings. The normalized spacial score (nSPS) is 15.6. The highest BCUT2D eigenvalue weighted by Gasteiger charge is 2.19. The fraction of sp³-hybridized carbons (Fsp3) is 0. The van der Waals surface area contributed by atoms with Gasteiger partial charge in [-0.05, 0) is 12.2 Å². The van der Waals surface area contributed by atoms with Gasteiger partial charge in [-0.2, -0.15) is 10.5 Å². The predicted octanol–water partition coefficient (Wildman–Crippen LogP) is 3.43. The summed E-state index contributed by atoms with van der Waals surface area (Å²) in [5.74, 6) is 0. The fourth-order valence-corrected chi connectivity index (χ4v) is 2.95. The van der Waals surface area contributed by atoms with Crippen LogP contribution in [0.3, 0.4) is 0 Å². The van der Waals surface area contributed by atoms with Crippen LogP contribution in [0.1, 0.15) is 0 Å². The zero-order chi connectivity index (χ0) is 13.2. The van der Waals surface area contributed by atoms with Crippen molar-refractivity contribution in [2.45, 2.75) is 0 Å². The van der Waals surface area contributed by atoms with E-state index in [1.54, 1.807) is 24.3 Å². The minimum Gasteiger partial charge on any atom is -0.299 e. The van der Waals surface area contributed by atoms with Gasteiger partial charge in [-0.1, -0.05) is 53.9 Å². The monoisotopic (exact) mass is 272 g/mol. The average molecular weight is 272 g/mol. The molecule has 0 radical (unpaired) electrons. The number of carbonyl (C=O) groups excluding carboxylic acids is 1. The number of allylic oxidation sites excluding steroid dienone is 9. The van der Waals surface area contributed by atoms with Crippen LogP contribution in [0.2, 0.25) is 0 Å². The number of rotatable bonds is 4. The lowest BCUT2D eigenvalue weighted by Gasteiger charge is -1.88. The molecule has 0 bridgehead atoms. The summed E-state index contributed by atoms with van der Waals surface area (Å²) < 4.78 is 0.899. The van der Waals surface area contributed by atoms with Gasteiger partial charge in [0, 0.05) is 0 Å². The summed E-state index contributed by atoms with van der Waals surface area (Å²) in [6, 6.07) is 4.00. The Labute approximate surface area is 114 Å². The number of nitrogens with zero attached hydrogens (tertiary/aromatic N) is 2. The number of nitriles is 2. The zero-order valence-electron chi connectivity index (χ0n) is 9.24. The van der Waals surface area contributed by atoms with Gasteiger partial charge in [0.25, 0.3) is 0 Å². The van der Waals surface area contributed by atoms with Crippen molar-refractivity contribution in [1.29, 1.82) is 10.5 Å². The summed E-state index contributed by atoms with van der Waals surface area (Å²) in [5, 5.41) is 17.6. The Kier molecular flexibility index (Phi) is 6.42.